The quantitative estimate of drug-likeness (QED) is 0.819. The van der Waals surface area contributed by atoms with E-state index in [2.05, 4.69) is 44.8 Å². The fourth-order valence-corrected chi connectivity index (χ4v) is 3.46. The molecule has 1 unspecified atom stereocenters. The average Bonchev–Trinajstić information content (AvgIpc) is 2.74. The maximum atomic E-state index is 4.87. The van der Waals surface area contributed by atoms with Gasteiger partial charge in [0.1, 0.15) is 0 Å². The van der Waals surface area contributed by atoms with Crippen molar-refractivity contribution in [3.63, 3.8) is 0 Å². The highest BCUT2D eigenvalue weighted by molar-refractivity contribution is 7.15. The van der Waals surface area contributed by atoms with E-state index in [0.29, 0.717) is 12.0 Å². The maximum Gasteiger partial charge on any atom is 0.186 e. The van der Waals surface area contributed by atoms with E-state index in [4.69, 9.17) is 4.98 Å². The average molecular weight is 269 g/mol. The zero-order valence-electron chi connectivity index (χ0n) is 12.6. The first-order valence-electron chi connectivity index (χ1n) is 6.95. The Kier molecular flexibility index (Phi) is 6.09. The highest BCUT2D eigenvalue weighted by Gasteiger charge is 2.19. The molecule has 0 radical (unpaired) electrons. The van der Waals surface area contributed by atoms with Crippen LogP contribution >= 0.6 is 11.3 Å². The van der Waals surface area contributed by atoms with Crippen LogP contribution in [0.3, 0.4) is 0 Å². The van der Waals surface area contributed by atoms with Gasteiger partial charge >= 0.3 is 0 Å². The van der Waals surface area contributed by atoms with Crippen molar-refractivity contribution in [2.75, 3.05) is 18.5 Å². The molecule has 0 amide bonds. The molecule has 1 N–H and O–H groups in total. The number of hydrogen-bond donors (Lipinski definition) is 1. The normalized spacial score (nSPS) is 13.1. The molecule has 0 aromatic carbocycles. The second-order valence-corrected chi connectivity index (χ2v) is 6.10. The minimum absolute atomic E-state index is 0.494. The topological polar surface area (TPSA) is 28.2 Å². The van der Waals surface area contributed by atoms with Crippen molar-refractivity contribution in [1.82, 2.24) is 10.3 Å². The minimum Gasteiger partial charge on any atom is -0.346 e. The second-order valence-electron chi connectivity index (χ2n) is 5.03. The molecule has 0 fully saturated rings. The monoisotopic (exact) mass is 269 g/mol. The Morgan fingerprint density at radius 3 is 2.39 bits per heavy atom. The number of nitrogens with zero attached hydrogens (tertiary/aromatic N) is 2. The summed E-state index contributed by atoms with van der Waals surface area (Å²) in [5.74, 6) is 0.494. The van der Waals surface area contributed by atoms with E-state index in [1.165, 1.54) is 15.7 Å². The van der Waals surface area contributed by atoms with Crippen LogP contribution in [0.15, 0.2) is 0 Å². The number of aromatic nitrogens is 1. The summed E-state index contributed by atoms with van der Waals surface area (Å²) in [6, 6.07) is 0.559. The molecule has 0 saturated heterocycles. The van der Waals surface area contributed by atoms with Crippen LogP contribution in [0.2, 0.25) is 0 Å². The van der Waals surface area contributed by atoms with Crippen LogP contribution in [0, 0.1) is 0 Å². The molecule has 3 nitrogen and oxygen atoms in total. The third-order valence-electron chi connectivity index (χ3n) is 3.31. The Morgan fingerprint density at radius 1 is 1.28 bits per heavy atom. The molecule has 1 heterocycles. The minimum atomic E-state index is 0.494. The summed E-state index contributed by atoms with van der Waals surface area (Å²) >= 11 is 1.84. The number of rotatable bonds is 7. The molecular formula is C14H27N3S. The Bertz CT molecular complexity index is 360. The molecule has 1 atom stereocenters. The molecule has 0 spiro atoms. The number of thiazole rings is 1. The van der Waals surface area contributed by atoms with Gasteiger partial charge in [-0.15, -0.1) is 11.3 Å². The van der Waals surface area contributed by atoms with Gasteiger partial charge in [0.05, 0.1) is 5.69 Å². The molecule has 4 heteroatoms. The number of hydrogen-bond acceptors (Lipinski definition) is 4. The molecule has 18 heavy (non-hydrogen) atoms. The van der Waals surface area contributed by atoms with Crippen molar-refractivity contribution in [3.05, 3.63) is 10.6 Å². The number of nitrogens with one attached hydrogen (secondary N) is 1. The van der Waals surface area contributed by atoms with E-state index in [0.717, 1.165) is 19.5 Å². The molecule has 1 aromatic heterocycles. The summed E-state index contributed by atoms with van der Waals surface area (Å²) in [7, 11) is 2.00. The van der Waals surface area contributed by atoms with Gasteiger partial charge < -0.3 is 10.2 Å². The van der Waals surface area contributed by atoms with Crippen LogP contribution < -0.4 is 10.2 Å². The summed E-state index contributed by atoms with van der Waals surface area (Å²) in [5, 5.41) is 4.43. The maximum absolute atomic E-state index is 4.87. The van der Waals surface area contributed by atoms with E-state index in [-0.39, 0.29) is 0 Å². The van der Waals surface area contributed by atoms with Gasteiger partial charge in [-0.3, -0.25) is 0 Å². The molecule has 0 aliphatic heterocycles. The third kappa shape index (κ3) is 3.45. The number of anilines is 1. The van der Waals surface area contributed by atoms with Gasteiger partial charge in [0.2, 0.25) is 0 Å². The van der Waals surface area contributed by atoms with Crippen LogP contribution in [-0.4, -0.2) is 24.6 Å². The lowest BCUT2D eigenvalue weighted by Crippen LogP contribution is -2.32. The van der Waals surface area contributed by atoms with Crippen molar-refractivity contribution in [1.29, 1.82) is 0 Å². The van der Waals surface area contributed by atoms with Gasteiger partial charge in [-0.1, -0.05) is 20.8 Å². The lowest BCUT2D eigenvalue weighted by atomic mass is 10.1. The van der Waals surface area contributed by atoms with Gasteiger partial charge in [-0.05, 0) is 33.2 Å². The molecule has 0 aliphatic rings. The summed E-state index contributed by atoms with van der Waals surface area (Å²) in [5.41, 5.74) is 1.26. The van der Waals surface area contributed by atoms with E-state index in [1.54, 1.807) is 0 Å². The van der Waals surface area contributed by atoms with Crippen LogP contribution in [-0.2, 0) is 6.54 Å². The fourth-order valence-electron chi connectivity index (χ4n) is 2.07. The summed E-state index contributed by atoms with van der Waals surface area (Å²) in [6.45, 7) is 13.1. The van der Waals surface area contributed by atoms with Crippen molar-refractivity contribution in [2.45, 2.75) is 59.5 Å². The lowest BCUT2D eigenvalue weighted by Gasteiger charge is -2.26. The highest BCUT2D eigenvalue weighted by Crippen LogP contribution is 2.31. The SMILES string of the molecule is CCC(C)N(CC)c1nc(C(C)C)c(CNC)s1. The van der Waals surface area contributed by atoms with Crippen molar-refractivity contribution in [2.24, 2.45) is 0 Å². The van der Waals surface area contributed by atoms with Crippen LogP contribution in [0.4, 0.5) is 5.13 Å². The highest BCUT2D eigenvalue weighted by atomic mass is 32.1. The fraction of sp³-hybridized carbons (Fsp3) is 0.786. The van der Waals surface area contributed by atoms with Crippen molar-refractivity contribution >= 4 is 16.5 Å². The van der Waals surface area contributed by atoms with E-state index in [9.17, 15) is 0 Å². The molecular weight excluding hydrogens is 242 g/mol. The Morgan fingerprint density at radius 2 is 1.94 bits per heavy atom. The first-order chi connectivity index (χ1) is 8.54. The lowest BCUT2D eigenvalue weighted by molar-refractivity contribution is 0.626. The molecule has 0 saturated carbocycles. The van der Waals surface area contributed by atoms with Gasteiger partial charge in [0.25, 0.3) is 0 Å². The molecule has 1 rings (SSSR count). The van der Waals surface area contributed by atoms with Gasteiger partial charge in [-0.25, -0.2) is 4.98 Å². The first-order valence-corrected chi connectivity index (χ1v) is 7.77. The molecule has 1 aromatic rings. The molecule has 0 aliphatic carbocycles. The van der Waals surface area contributed by atoms with Crippen LogP contribution in [0.1, 0.15) is 57.5 Å². The second kappa shape index (κ2) is 7.10. The summed E-state index contributed by atoms with van der Waals surface area (Å²) < 4.78 is 0. The standard InChI is InChI=1S/C14H27N3S/c1-7-11(5)17(8-2)14-16-13(10(3)4)12(18-14)9-15-6/h10-11,15H,7-9H2,1-6H3. The Balaban J connectivity index is 3.05. The Hall–Kier alpha value is -0.610. The van der Waals surface area contributed by atoms with Crippen LogP contribution in [0.5, 0.6) is 0 Å². The molecule has 0 bridgehead atoms. The zero-order valence-corrected chi connectivity index (χ0v) is 13.4. The zero-order chi connectivity index (χ0) is 13.7. The van der Waals surface area contributed by atoms with E-state index < -0.39 is 0 Å². The van der Waals surface area contributed by atoms with E-state index in [1.807, 2.05) is 18.4 Å². The Labute approximate surface area is 116 Å². The van der Waals surface area contributed by atoms with Crippen LogP contribution in [0.25, 0.3) is 0 Å². The summed E-state index contributed by atoms with van der Waals surface area (Å²) in [4.78, 5) is 8.66. The predicted octanol–water partition coefficient (Wildman–Crippen LogP) is 3.61. The van der Waals surface area contributed by atoms with Crippen molar-refractivity contribution in [3.8, 4) is 0 Å². The molecule has 104 valence electrons. The van der Waals surface area contributed by atoms with Gasteiger partial charge in [0.15, 0.2) is 5.13 Å². The third-order valence-corrected chi connectivity index (χ3v) is 4.42. The smallest absolute Gasteiger partial charge is 0.186 e. The van der Waals surface area contributed by atoms with Gasteiger partial charge in [-0.2, -0.15) is 0 Å². The first kappa shape index (κ1) is 15.4. The largest absolute Gasteiger partial charge is 0.346 e. The van der Waals surface area contributed by atoms with Gasteiger partial charge in [0, 0.05) is 24.0 Å². The van der Waals surface area contributed by atoms with Crippen molar-refractivity contribution < 1.29 is 0 Å². The van der Waals surface area contributed by atoms with E-state index >= 15 is 0 Å². The predicted molar refractivity (Wildman–Crippen MR) is 81.7 cm³/mol. The summed E-state index contributed by atoms with van der Waals surface area (Å²) in [6.07, 6.45) is 1.16.